The Labute approximate surface area is 78.9 Å². The molecule has 12 heavy (non-hydrogen) atoms. The van der Waals surface area contributed by atoms with E-state index in [1.165, 1.54) is 0 Å². The van der Waals surface area contributed by atoms with Crippen LogP contribution in [0.2, 0.25) is 0 Å². The van der Waals surface area contributed by atoms with Crippen LogP contribution in [-0.2, 0) is 4.79 Å². The van der Waals surface area contributed by atoms with Gasteiger partial charge < -0.3 is 10.2 Å². The summed E-state index contributed by atoms with van der Waals surface area (Å²) in [4.78, 5) is 13.2. The van der Waals surface area contributed by atoms with Crippen LogP contribution in [0.3, 0.4) is 0 Å². The van der Waals surface area contributed by atoms with Gasteiger partial charge in [0.25, 0.3) is 0 Å². The number of rotatable bonds is 5. The lowest BCUT2D eigenvalue weighted by molar-refractivity contribution is -0.131. The highest BCUT2D eigenvalue weighted by atomic mass is 32.2. The minimum atomic E-state index is -0.0724. The lowest BCUT2D eigenvalue weighted by Gasteiger charge is -2.20. The van der Waals surface area contributed by atoms with Crippen LogP contribution in [0, 0.1) is 0 Å². The molecule has 1 amide bonds. The monoisotopic (exact) mass is 190 g/mol. The highest BCUT2D eigenvalue weighted by molar-refractivity contribution is 7.98. The van der Waals surface area contributed by atoms with Gasteiger partial charge in [-0.3, -0.25) is 4.79 Å². The second-order valence-corrected chi connectivity index (χ2v) is 3.75. The Morgan fingerprint density at radius 3 is 2.67 bits per heavy atom. The number of likely N-dealkylation sites (N-methyl/N-ethyl adjacent to an activating group) is 2. The minimum Gasteiger partial charge on any atom is -0.344 e. The van der Waals surface area contributed by atoms with Crippen LogP contribution in [-0.4, -0.2) is 49.5 Å². The van der Waals surface area contributed by atoms with E-state index in [1.54, 1.807) is 23.7 Å². The Balaban J connectivity index is 3.75. The summed E-state index contributed by atoms with van der Waals surface area (Å²) >= 11 is 1.75. The molecular weight excluding hydrogens is 172 g/mol. The normalized spacial score (nSPS) is 12.7. The molecule has 0 aliphatic heterocycles. The van der Waals surface area contributed by atoms with E-state index in [0.29, 0.717) is 0 Å². The van der Waals surface area contributed by atoms with Gasteiger partial charge in [0.05, 0.1) is 6.04 Å². The quantitative estimate of drug-likeness (QED) is 0.682. The van der Waals surface area contributed by atoms with Gasteiger partial charge in [-0.2, -0.15) is 11.8 Å². The van der Waals surface area contributed by atoms with Crippen molar-refractivity contribution in [2.45, 2.75) is 13.0 Å². The van der Waals surface area contributed by atoms with Crippen molar-refractivity contribution in [3.8, 4) is 0 Å². The van der Waals surface area contributed by atoms with E-state index >= 15 is 0 Å². The molecule has 0 aliphatic rings. The van der Waals surface area contributed by atoms with Crippen molar-refractivity contribution >= 4 is 17.7 Å². The van der Waals surface area contributed by atoms with Gasteiger partial charge in [0.15, 0.2) is 0 Å². The highest BCUT2D eigenvalue weighted by Gasteiger charge is 2.14. The Kier molecular flexibility index (Phi) is 6.20. The maximum absolute atomic E-state index is 11.4. The standard InChI is InChI=1S/C8H18N2OS/c1-7(9-2)8(11)10(3)5-6-12-4/h7,9H,5-6H2,1-4H3. The second-order valence-electron chi connectivity index (χ2n) is 2.76. The summed E-state index contributed by atoms with van der Waals surface area (Å²) in [7, 11) is 3.64. The zero-order chi connectivity index (χ0) is 9.56. The molecule has 0 rings (SSSR count). The van der Waals surface area contributed by atoms with Gasteiger partial charge in [-0.25, -0.2) is 0 Å². The Bertz CT molecular complexity index is 141. The topological polar surface area (TPSA) is 32.3 Å². The first-order valence-electron chi connectivity index (χ1n) is 4.04. The van der Waals surface area contributed by atoms with Gasteiger partial charge in [-0.15, -0.1) is 0 Å². The molecule has 0 aliphatic carbocycles. The van der Waals surface area contributed by atoms with Crippen LogP contribution in [0.4, 0.5) is 0 Å². The van der Waals surface area contributed by atoms with Crippen molar-refractivity contribution in [2.24, 2.45) is 0 Å². The van der Waals surface area contributed by atoms with E-state index in [-0.39, 0.29) is 11.9 Å². The van der Waals surface area contributed by atoms with Crippen LogP contribution in [0.5, 0.6) is 0 Å². The second kappa shape index (κ2) is 6.31. The van der Waals surface area contributed by atoms with Gasteiger partial charge in [0, 0.05) is 19.3 Å². The van der Waals surface area contributed by atoms with Crippen LogP contribution >= 0.6 is 11.8 Å². The number of carbonyl (C=O) groups excluding carboxylic acids is 1. The SMILES string of the molecule is CNC(C)C(=O)N(C)CCSC. The van der Waals surface area contributed by atoms with Gasteiger partial charge in [-0.1, -0.05) is 0 Å². The average Bonchev–Trinajstić information content (AvgIpc) is 2.11. The number of thioether (sulfide) groups is 1. The molecule has 0 aromatic heterocycles. The summed E-state index contributed by atoms with van der Waals surface area (Å²) < 4.78 is 0. The van der Waals surface area contributed by atoms with E-state index in [0.717, 1.165) is 12.3 Å². The van der Waals surface area contributed by atoms with Gasteiger partial charge >= 0.3 is 0 Å². The molecule has 0 saturated carbocycles. The summed E-state index contributed by atoms with van der Waals surface area (Å²) in [5.74, 6) is 1.16. The zero-order valence-electron chi connectivity index (χ0n) is 8.26. The smallest absolute Gasteiger partial charge is 0.239 e. The van der Waals surface area contributed by atoms with Crippen LogP contribution < -0.4 is 5.32 Å². The lowest BCUT2D eigenvalue weighted by atomic mass is 10.3. The lowest BCUT2D eigenvalue weighted by Crippen LogP contribution is -2.42. The maximum atomic E-state index is 11.4. The van der Waals surface area contributed by atoms with Crippen molar-refractivity contribution in [3.05, 3.63) is 0 Å². The van der Waals surface area contributed by atoms with Crippen molar-refractivity contribution in [2.75, 3.05) is 32.6 Å². The van der Waals surface area contributed by atoms with Crippen molar-refractivity contribution in [1.82, 2.24) is 10.2 Å². The predicted molar refractivity (Wildman–Crippen MR) is 54.5 cm³/mol. The third kappa shape index (κ3) is 3.97. The molecule has 0 heterocycles. The Morgan fingerprint density at radius 2 is 2.25 bits per heavy atom. The summed E-state index contributed by atoms with van der Waals surface area (Å²) in [5.41, 5.74) is 0. The molecule has 0 radical (unpaired) electrons. The molecule has 1 unspecified atom stereocenters. The van der Waals surface area contributed by atoms with Crippen LogP contribution in [0.1, 0.15) is 6.92 Å². The van der Waals surface area contributed by atoms with E-state index in [4.69, 9.17) is 0 Å². The molecule has 72 valence electrons. The van der Waals surface area contributed by atoms with Crippen LogP contribution in [0.25, 0.3) is 0 Å². The van der Waals surface area contributed by atoms with Crippen molar-refractivity contribution < 1.29 is 4.79 Å². The van der Waals surface area contributed by atoms with Gasteiger partial charge in [0.1, 0.15) is 0 Å². The van der Waals surface area contributed by atoms with E-state index < -0.39 is 0 Å². The molecule has 4 heteroatoms. The fraction of sp³-hybridized carbons (Fsp3) is 0.875. The average molecular weight is 190 g/mol. The molecule has 3 nitrogen and oxygen atoms in total. The Hall–Kier alpha value is -0.220. The minimum absolute atomic E-state index is 0.0724. The molecule has 0 fully saturated rings. The summed E-state index contributed by atoms with van der Waals surface area (Å²) in [5, 5.41) is 2.92. The van der Waals surface area contributed by atoms with E-state index in [2.05, 4.69) is 5.32 Å². The molecule has 0 aromatic rings. The summed E-state index contributed by atoms with van der Waals surface area (Å²) in [6, 6.07) is -0.0724. The molecule has 0 saturated heterocycles. The third-order valence-electron chi connectivity index (χ3n) is 1.81. The van der Waals surface area contributed by atoms with Gasteiger partial charge in [-0.05, 0) is 20.2 Å². The zero-order valence-corrected chi connectivity index (χ0v) is 9.07. The number of carbonyl (C=O) groups is 1. The van der Waals surface area contributed by atoms with E-state index in [9.17, 15) is 4.79 Å². The number of hydrogen-bond acceptors (Lipinski definition) is 3. The molecule has 0 spiro atoms. The third-order valence-corrected chi connectivity index (χ3v) is 2.40. The maximum Gasteiger partial charge on any atom is 0.239 e. The number of nitrogens with one attached hydrogen (secondary N) is 1. The number of amides is 1. The molecule has 1 N–H and O–H groups in total. The fourth-order valence-electron chi connectivity index (χ4n) is 0.792. The molecule has 0 bridgehead atoms. The number of hydrogen-bond donors (Lipinski definition) is 1. The van der Waals surface area contributed by atoms with Crippen LogP contribution in [0.15, 0.2) is 0 Å². The highest BCUT2D eigenvalue weighted by Crippen LogP contribution is 1.96. The first kappa shape index (κ1) is 11.8. The Morgan fingerprint density at radius 1 is 1.67 bits per heavy atom. The molecule has 1 atom stereocenters. The first-order valence-corrected chi connectivity index (χ1v) is 5.44. The number of nitrogens with zero attached hydrogens (tertiary/aromatic N) is 1. The van der Waals surface area contributed by atoms with E-state index in [1.807, 2.05) is 20.2 Å². The summed E-state index contributed by atoms with van der Waals surface area (Å²) in [6.07, 6.45) is 2.04. The van der Waals surface area contributed by atoms with Crippen molar-refractivity contribution in [1.29, 1.82) is 0 Å². The van der Waals surface area contributed by atoms with Gasteiger partial charge in [0.2, 0.25) is 5.91 Å². The fourth-order valence-corrected chi connectivity index (χ4v) is 1.25. The molecular formula is C8H18N2OS. The first-order chi connectivity index (χ1) is 5.63. The predicted octanol–water partition coefficient (Wildman–Crippen LogP) is 0.416. The largest absolute Gasteiger partial charge is 0.344 e. The van der Waals surface area contributed by atoms with Crippen molar-refractivity contribution in [3.63, 3.8) is 0 Å². The summed E-state index contributed by atoms with van der Waals surface area (Å²) in [6.45, 7) is 2.70. The molecule has 0 aromatic carbocycles.